The van der Waals surface area contributed by atoms with Crippen LogP contribution in [0, 0.1) is 6.92 Å². The first kappa shape index (κ1) is 19.9. The van der Waals surface area contributed by atoms with Gasteiger partial charge >= 0.3 is 0 Å². The third-order valence-corrected chi connectivity index (χ3v) is 5.30. The van der Waals surface area contributed by atoms with Gasteiger partial charge in [0, 0.05) is 32.0 Å². The van der Waals surface area contributed by atoms with Crippen molar-refractivity contribution in [2.75, 3.05) is 39.4 Å². The molecule has 2 aromatic heterocycles. The molecule has 6 nitrogen and oxygen atoms in total. The number of aromatic nitrogens is 2. The Bertz CT molecular complexity index is 901. The standard InChI is InChI=1S/C23H30N4O2/c1-19-4-2-11-27-17-21(25-23(19)27)18-29-22-7-5-20(6-8-22)16-24-9-3-10-26-12-14-28-15-13-26/h2,4-8,11,17,24H,3,9-10,12-16,18H2,1H3. The predicted octanol–water partition coefficient (Wildman–Crippen LogP) is 3.03. The van der Waals surface area contributed by atoms with Gasteiger partial charge in [0.1, 0.15) is 18.0 Å². The van der Waals surface area contributed by atoms with Crippen molar-refractivity contribution in [3.05, 3.63) is 65.6 Å². The van der Waals surface area contributed by atoms with Crippen molar-refractivity contribution >= 4 is 5.65 Å². The van der Waals surface area contributed by atoms with E-state index in [0.717, 1.165) is 63.0 Å². The molecule has 1 aromatic carbocycles. The molecule has 1 N–H and O–H groups in total. The molecule has 29 heavy (non-hydrogen) atoms. The predicted molar refractivity (Wildman–Crippen MR) is 114 cm³/mol. The molecule has 1 saturated heterocycles. The lowest BCUT2D eigenvalue weighted by Crippen LogP contribution is -2.37. The van der Waals surface area contributed by atoms with Gasteiger partial charge in [0.15, 0.2) is 0 Å². The molecule has 0 saturated carbocycles. The number of benzene rings is 1. The number of aryl methyl sites for hydroxylation is 1. The zero-order valence-electron chi connectivity index (χ0n) is 17.1. The maximum atomic E-state index is 5.91. The van der Waals surface area contributed by atoms with Crippen molar-refractivity contribution in [1.82, 2.24) is 19.6 Å². The van der Waals surface area contributed by atoms with E-state index in [-0.39, 0.29) is 0 Å². The van der Waals surface area contributed by atoms with Gasteiger partial charge in [0.2, 0.25) is 0 Å². The van der Waals surface area contributed by atoms with Crippen LogP contribution in [0.2, 0.25) is 0 Å². The topological polar surface area (TPSA) is 51.0 Å². The molecule has 0 bridgehead atoms. The minimum Gasteiger partial charge on any atom is -0.487 e. The van der Waals surface area contributed by atoms with E-state index in [1.54, 1.807) is 0 Å². The van der Waals surface area contributed by atoms with Gasteiger partial charge in [-0.05, 0) is 55.8 Å². The third-order valence-electron chi connectivity index (χ3n) is 5.30. The molecule has 3 aromatic rings. The van der Waals surface area contributed by atoms with E-state index in [0.29, 0.717) is 6.61 Å². The largest absolute Gasteiger partial charge is 0.487 e. The highest BCUT2D eigenvalue weighted by Crippen LogP contribution is 2.15. The van der Waals surface area contributed by atoms with Crippen LogP contribution in [-0.2, 0) is 17.9 Å². The van der Waals surface area contributed by atoms with Gasteiger partial charge in [0.05, 0.1) is 18.9 Å². The Morgan fingerprint density at radius 2 is 1.97 bits per heavy atom. The highest BCUT2D eigenvalue weighted by atomic mass is 16.5. The number of rotatable bonds is 9. The summed E-state index contributed by atoms with van der Waals surface area (Å²) >= 11 is 0. The number of fused-ring (bicyclic) bond motifs is 1. The number of pyridine rings is 1. The van der Waals surface area contributed by atoms with Crippen molar-refractivity contribution in [2.45, 2.75) is 26.5 Å². The lowest BCUT2D eigenvalue weighted by molar-refractivity contribution is 0.0374. The Labute approximate surface area is 172 Å². The van der Waals surface area contributed by atoms with Crippen LogP contribution in [-0.4, -0.2) is 53.7 Å². The average Bonchev–Trinajstić information content (AvgIpc) is 3.18. The summed E-state index contributed by atoms with van der Waals surface area (Å²) in [5.41, 5.74) is 4.36. The fourth-order valence-corrected chi connectivity index (χ4v) is 3.62. The van der Waals surface area contributed by atoms with Crippen molar-refractivity contribution in [1.29, 1.82) is 0 Å². The Morgan fingerprint density at radius 3 is 2.76 bits per heavy atom. The van der Waals surface area contributed by atoms with E-state index in [1.807, 2.05) is 35.0 Å². The number of hydrogen-bond donors (Lipinski definition) is 1. The summed E-state index contributed by atoms with van der Waals surface area (Å²) in [4.78, 5) is 7.13. The zero-order valence-corrected chi connectivity index (χ0v) is 17.1. The lowest BCUT2D eigenvalue weighted by atomic mass is 10.2. The molecule has 0 amide bonds. The maximum absolute atomic E-state index is 5.91. The van der Waals surface area contributed by atoms with Gasteiger partial charge in [-0.15, -0.1) is 0 Å². The highest BCUT2D eigenvalue weighted by molar-refractivity contribution is 5.47. The molecule has 0 atom stereocenters. The second-order valence-electron chi connectivity index (χ2n) is 7.57. The summed E-state index contributed by atoms with van der Waals surface area (Å²) < 4.78 is 13.3. The Morgan fingerprint density at radius 1 is 1.14 bits per heavy atom. The van der Waals surface area contributed by atoms with Crippen molar-refractivity contribution in [3.8, 4) is 5.75 Å². The van der Waals surface area contributed by atoms with Crippen LogP contribution in [0.4, 0.5) is 0 Å². The number of hydrogen-bond acceptors (Lipinski definition) is 5. The van der Waals surface area contributed by atoms with E-state index < -0.39 is 0 Å². The fourth-order valence-electron chi connectivity index (χ4n) is 3.62. The van der Waals surface area contributed by atoms with E-state index in [1.165, 1.54) is 17.5 Å². The molecule has 0 aliphatic carbocycles. The molecular weight excluding hydrogens is 364 g/mol. The van der Waals surface area contributed by atoms with Crippen molar-refractivity contribution in [2.24, 2.45) is 0 Å². The number of ether oxygens (including phenoxy) is 2. The fraction of sp³-hybridized carbons (Fsp3) is 0.435. The first-order chi connectivity index (χ1) is 14.3. The summed E-state index contributed by atoms with van der Waals surface area (Å²) in [6.45, 7) is 9.48. The van der Waals surface area contributed by atoms with Crippen LogP contribution in [0.5, 0.6) is 5.75 Å². The molecule has 0 radical (unpaired) electrons. The van der Waals surface area contributed by atoms with Crippen LogP contribution in [0.25, 0.3) is 5.65 Å². The van der Waals surface area contributed by atoms with Crippen molar-refractivity contribution in [3.63, 3.8) is 0 Å². The summed E-state index contributed by atoms with van der Waals surface area (Å²) in [6.07, 6.45) is 5.21. The molecule has 4 rings (SSSR count). The number of morpholine rings is 1. The average molecular weight is 395 g/mol. The van der Waals surface area contributed by atoms with Crippen LogP contribution in [0.3, 0.4) is 0 Å². The maximum Gasteiger partial charge on any atom is 0.140 e. The molecule has 0 unspecified atom stereocenters. The third kappa shape index (κ3) is 5.56. The van der Waals surface area contributed by atoms with Crippen LogP contribution in [0.15, 0.2) is 48.8 Å². The minimum absolute atomic E-state index is 0.472. The molecule has 1 aliphatic rings. The zero-order chi connectivity index (χ0) is 19.9. The first-order valence-electron chi connectivity index (χ1n) is 10.4. The minimum atomic E-state index is 0.472. The Kier molecular flexibility index (Phi) is 6.77. The summed E-state index contributed by atoms with van der Waals surface area (Å²) in [5, 5.41) is 3.53. The molecule has 0 spiro atoms. The molecule has 1 fully saturated rings. The number of nitrogens with zero attached hydrogens (tertiary/aromatic N) is 3. The summed E-state index contributed by atoms with van der Waals surface area (Å²) in [5.74, 6) is 0.870. The van der Waals surface area contributed by atoms with E-state index >= 15 is 0 Å². The van der Waals surface area contributed by atoms with Gasteiger partial charge in [-0.3, -0.25) is 4.90 Å². The summed E-state index contributed by atoms with van der Waals surface area (Å²) in [6, 6.07) is 12.4. The normalized spacial score (nSPS) is 15.1. The molecule has 6 heteroatoms. The van der Waals surface area contributed by atoms with Crippen LogP contribution in [0.1, 0.15) is 23.2 Å². The smallest absolute Gasteiger partial charge is 0.140 e. The molecule has 1 aliphatic heterocycles. The monoisotopic (exact) mass is 394 g/mol. The quantitative estimate of drug-likeness (QED) is 0.566. The molecule has 154 valence electrons. The summed E-state index contributed by atoms with van der Waals surface area (Å²) in [7, 11) is 0. The van der Waals surface area contributed by atoms with E-state index in [4.69, 9.17) is 9.47 Å². The Balaban J connectivity index is 1.18. The molecular formula is C23H30N4O2. The second-order valence-corrected chi connectivity index (χ2v) is 7.57. The second kappa shape index (κ2) is 9.87. The lowest BCUT2D eigenvalue weighted by Gasteiger charge is -2.26. The van der Waals surface area contributed by atoms with Gasteiger partial charge < -0.3 is 19.2 Å². The Hall–Kier alpha value is -2.41. The van der Waals surface area contributed by atoms with Crippen LogP contribution >= 0.6 is 0 Å². The molecule has 3 heterocycles. The number of nitrogens with one attached hydrogen (secondary N) is 1. The van der Waals surface area contributed by atoms with Gasteiger partial charge in [0.25, 0.3) is 0 Å². The first-order valence-corrected chi connectivity index (χ1v) is 10.4. The van der Waals surface area contributed by atoms with Gasteiger partial charge in [-0.25, -0.2) is 4.98 Å². The highest BCUT2D eigenvalue weighted by Gasteiger charge is 2.09. The van der Waals surface area contributed by atoms with Crippen LogP contribution < -0.4 is 10.1 Å². The van der Waals surface area contributed by atoms with Gasteiger partial charge in [-0.1, -0.05) is 18.2 Å². The SMILES string of the molecule is Cc1cccn2cc(COc3ccc(CNCCCN4CCOCC4)cc3)nc12. The number of imidazole rings is 1. The van der Waals surface area contributed by atoms with Gasteiger partial charge in [-0.2, -0.15) is 0 Å². The van der Waals surface area contributed by atoms with Crippen molar-refractivity contribution < 1.29 is 9.47 Å². The van der Waals surface area contributed by atoms with E-state index in [9.17, 15) is 0 Å². The van der Waals surface area contributed by atoms with E-state index in [2.05, 4.69) is 40.3 Å².